The van der Waals surface area contributed by atoms with Crippen LogP contribution in [-0.4, -0.2) is 20.8 Å². The molecule has 0 N–H and O–H groups in total. The van der Waals surface area contributed by atoms with Crippen molar-refractivity contribution in [1.29, 1.82) is 0 Å². The minimum absolute atomic E-state index is 0.486. The average molecular weight is 261 g/mol. The summed E-state index contributed by atoms with van der Waals surface area (Å²) in [6.07, 6.45) is 4.11. The number of carbonyl (C=O) groups is 1. The summed E-state index contributed by atoms with van der Waals surface area (Å²) in [7, 11) is 0. The molecule has 0 spiro atoms. The molecule has 0 amide bonds. The zero-order valence-electron chi connectivity index (χ0n) is 8.09. The Kier molecular flexibility index (Phi) is 3.33. The Morgan fingerprint density at radius 3 is 2.47 bits per heavy atom. The molecule has 15 heavy (non-hydrogen) atoms. The maximum absolute atomic E-state index is 10.2. The molecule has 0 aliphatic carbocycles. The van der Waals surface area contributed by atoms with Gasteiger partial charge in [0.05, 0.1) is 0 Å². The van der Waals surface area contributed by atoms with Crippen LogP contribution in [0.3, 0.4) is 0 Å². The second-order valence-electron chi connectivity index (χ2n) is 3.09. The van der Waals surface area contributed by atoms with Crippen molar-refractivity contribution in [3.05, 3.63) is 53.0 Å². The molecule has 0 saturated carbocycles. The van der Waals surface area contributed by atoms with E-state index in [1.807, 2.05) is 18.2 Å². The van der Waals surface area contributed by atoms with E-state index in [1.165, 1.54) is 16.1 Å². The number of hydrogen-bond donors (Lipinski definition) is 0. The maximum atomic E-state index is 10.2. The first kappa shape index (κ1) is 10.2. The van der Waals surface area contributed by atoms with E-state index < -0.39 is 0 Å². The molecule has 74 valence electrons. The molecule has 0 atom stereocenters. The van der Waals surface area contributed by atoms with Crippen molar-refractivity contribution in [2.24, 2.45) is 0 Å². The predicted molar refractivity (Wildman–Crippen MR) is 63.9 cm³/mol. The number of aldehydes is 1. The van der Waals surface area contributed by atoms with Gasteiger partial charge in [0.2, 0.25) is 0 Å². The first-order valence-corrected chi connectivity index (χ1v) is 6.50. The third-order valence-electron chi connectivity index (χ3n) is 2.08. The molecule has 1 heterocycles. The first-order valence-electron chi connectivity index (χ1n) is 4.66. The van der Waals surface area contributed by atoms with Gasteiger partial charge in [-0.3, -0.25) is 0 Å². The van der Waals surface area contributed by atoms with E-state index in [2.05, 4.69) is 29.2 Å². The van der Waals surface area contributed by atoms with Gasteiger partial charge in [0.25, 0.3) is 0 Å². The Bertz CT molecular complexity index is 452. The third kappa shape index (κ3) is 2.56. The average Bonchev–Trinajstić information content (AvgIpc) is 2.80. The second-order valence-corrected chi connectivity index (χ2v) is 5.08. The van der Waals surface area contributed by atoms with Gasteiger partial charge in [-0.2, -0.15) is 0 Å². The summed E-state index contributed by atoms with van der Waals surface area (Å²) in [6.45, 7) is 0. The predicted octanol–water partition coefficient (Wildman–Crippen LogP) is 2.62. The van der Waals surface area contributed by atoms with Crippen molar-refractivity contribution in [3.63, 3.8) is 0 Å². The van der Waals surface area contributed by atoms with E-state index in [-0.39, 0.29) is 0 Å². The monoisotopic (exact) mass is 262 g/mol. The minimum atomic E-state index is 0.486. The molecule has 1 aromatic heterocycles. The Balaban J connectivity index is 2.24. The van der Waals surface area contributed by atoms with Gasteiger partial charge in [0, 0.05) is 0 Å². The van der Waals surface area contributed by atoms with Gasteiger partial charge in [-0.25, -0.2) is 0 Å². The molecular weight excluding hydrogens is 251 g/mol. The standard InChI is InChI=1S/C13H10OSe/c14-9-1-3-11-5-7-12(8-6-11)13-4-2-10-15-13/h1-10H. The van der Waals surface area contributed by atoms with Gasteiger partial charge < -0.3 is 0 Å². The fraction of sp³-hybridized carbons (Fsp3) is 0. The number of hydrogen-bond acceptors (Lipinski definition) is 1. The van der Waals surface area contributed by atoms with Crippen molar-refractivity contribution in [2.45, 2.75) is 0 Å². The number of allylic oxidation sites excluding steroid dienone is 1. The zero-order chi connectivity index (χ0) is 10.5. The number of carbonyl (C=O) groups excluding carboxylic acids is 1. The first-order chi connectivity index (χ1) is 7.40. The van der Waals surface area contributed by atoms with Crippen LogP contribution in [-0.2, 0) is 4.79 Å². The van der Waals surface area contributed by atoms with Crippen LogP contribution >= 0.6 is 0 Å². The van der Waals surface area contributed by atoms with Gasteiger partial charge in [-0.15, -0.1) is 0 Å². The van der Waals surface area contributed by atoms with E-state index in [9.17, 15) is 4.79 Å². The van der Waals surface area contributed by atoms with E-state index in [1.54, 1.807) is 0 Å². The second kappa shape index (κ2) is 4.92. The van der Waals surface area contributed by atoms with Crippen molar-refractivity contribution in [1.82, 2.24) is 0 Å². The number of rotatable bonds is 3. The van der Waals surface area contributed by atoms with Gasteiger partial charge in [0.1, 0.15) is 0 Å². The molecule has 0 fully saturated rings. The molecule has 2 aromatic rings. The van der Waals surface area contributed by atoms with Gasteiger partial charge in [-0.05, 0) is 0 Å². The molecule has 0 radical (unpaired) electrons. The van der Waals surface area contributed by atoms with Crippen LogP contribution in [0.5, 0.6) is 0 Å². The Hall–Kier alpha value is -1.37. The topological polar surface area (TPSA) is 17.1 Å². The van der Waals surface area contributed by atoms with Crippen molar-refractivity contribution in [3.8, 4) is 10.0 Å². The normalized spacial score (nSPS) is 10.7. The van der Waals surface area contributed by atoms with Crippen LogP contribution in [0.2, 0.25) is 0 Å². The summed E-state index contributed by atoms with van der Waals surface area (Å²) in [5.74, 6) is 0. The molecule has 0 saturated heterocycles. The van der Waals surface area contributed by atoms with Crippen LogP contribution in [0.25, 0.3) is 16.1 Å². The zero-order valence-corrected chi connectivity index (χ0v) is 9.80. The van der Waals surface area contributed by atoms with E-state index >= 15 is 0 Å². The van der Waals surface area contributed by atoms with Crippen LogP contribution < -0.4 is 0 Å². The van der Waals surface area contributed by atoms with Gasteiger partial charge in [0.15, 0.2) is 0 Å². The molecule has 1 aromatic carbocycles. The quantitative estimate of drug-likeness (QED) is 0.471. The molecule has 0 bridgehead atoms. The van der Waals surface area contributed by atoms with E-state index in [4.69, 9.17) is 0 Å². The van der Waals surface area contributed by atoms with Crippen LogP contribution in [0.4, 0.5) is 0 Å². The summed E-state index contributed by atoms with van der Waals surface area (Å²) < 4.78 is 1.41. The molecule has 0 unspecified atom stereocenters. The molecule has 2 heteroatoms. The summed E-state index contributed by atoms with van der Waals surface area (Å²) in [6, 6.07) is 12.5. The molecule has 0 aliphatic rings. The Morgan fingerprint density at radius 1 is 1.07 bits per heavy atom. The molecule has 2 rings (SSSR count). The molecule has 0 aliphatic heterocycles. The fourth-order valence-electron chi connectivity index (χ4n) is 1.35. The molecular formula is C13H10OSe. The summed E-state index contributed by atoms with van der Waals surface area (Å²) >= 11 is 0.486. The van der Waals surface area contributed by atoms with Crippen molar-refractivity contribution >= 4 is 26.9 Å². The Morgan fingerprint density at radius 2 is 1.87 bits per heavy atom. The van der Waals surface area contributed by atoms with Gasteiger partial charge in [-0.1, -0.05) is 0 Å². The Labute approximate surface area is 94.8 Å². The summed E-state index contributed by atoms with van der Waals surface area (Å²) in [5.41, 5.74) is 2.34. The van der Waals surface area contributed by atoms with Crippen LogP contribution in [0.1, 0.15) is 5.56 Å². The van der Waals surface area contributed by atoms with E-state index in [0.717, 1.165) is 11.8 Å². The van der Waals surface area contributed by atoms with Crippen LogP contribution in [0.15, 0.2) is 47.4 Å². The van der Waals surface area contributed by atoms with Crippen molar-refractivity contribution in [2.75, 3.05) is 0 Å². The van der Waals surface area contributed by atoms with E-state index in [0.29, 0.717) is 14.5 Å². The van der Waals surface area contributed by atoms with Crippen LogP contribution in [0, 0.1) is 0 Å². The van der Waals surface area contributed by atoms with Crippen molar-refractivity contribution < 1.29 is 4.79 Å². The SMILES string of the molecule is O=CC=Cc1ccc(-c2ccc[se]2)cc1. The summed E-state index contributed by atoms with van der Waals surface area (Å²) in [4.78, 5) is 12.4. The summed E-state index contributed by atoms with van der Waals surface area (Å²) in [5, 5.41) is 0. The molecule has 1 nitrogen and oxygen atoms in total. The number of benzene rings is 1. The third-order valence-corrected chi connectivity index (χ3v) is 4.01. The fourth-order valence-corrected chi connectivity index (χ4v) is 2.89. The van der Waals surface area contributed by atoms with Gasteiger partial charge >= 0.3 is 94.6 Å².